The summed E-state index contributed by atoms with van der Waals surface area (Å²) >= 11 is 0. The number of carbonyl (C=O) groups is 3. The molecule has 2 heterocycles. The second-order valence-electron chi connectivity index (χ2n) is 5.54. The van der Waals surface area contributed by atoms with E-state index in [-0.39, 0.29) is 11.1 Å². The minimum Gasteiger partial charge on any atom is -0.354 e. The number of nitro benzene ring substituents is 1. The molecule has 22 heavy (non-hydrogen) atoms. The molecule has 0 bridgehead atoms. The van der Waals surface area contributed by atoms with Crippen LogP contribution in [0.25, 0.3) is 0 Å². The number of fused-ring (bicyclic) bond motifs is 1. The summed E-state index contributed by atoms with van der Waals surface area (Å²) < 4.78 is 0. The van der Waals surface area contributed by atoms with Crippen molar-refractivity contribution in [3.63, 3.8) is 0 Å². The van der Waals surface area contributed by atoms with Gasteiger partial charge >= 0.3 is 0 Å². The zero-order valence-corrected chi connectivity index (χ0v) is 11.8. The summed E-state index contributed by atoms with van der Waals surface area (Å²) in [5.74, 6) is -1.87. The molecular weight excluding hydrogens is 290 g/mol. The van der Waals surface area contributed by atoms with E-state index in [0.717, 1.165) is 4.90 Å². The molecule has 0 aromatic heterocycles. The highest BCUT2D eigenvalue weighted by Crippen LogP contribution is 2.37. The second kappa shape index (κ2) is 4.62. The summed E-state index contributed by atoms with van der Waals surface area (Å²) in [6.45, 7) is 1.99. The van der Waals surface area contributed by atoms with E-state index in [0.29, 0.717) is 19.4 Å². The Morgan fingerprint density at radius 1 is 1.27 bits per heavy atom. The van der Waals surface area contributed by atoms with Gasteiger partial charge in [-0.05, 0) is 25.8 Å². The predicted molar refractivity (Wildman–Crippen MR) is 74.2 cm³/mol. The monoisotopic (exact) mass is 303 g/mol. The summed E-state index contributed by atoms with van der Waals surface area (Å²) in [4.78, 5) is 48.6. The first-order valence-electron chi connectivity index (χ1n) is 6.82. The van der Waals surface area contributed by atoms with Gasteiger partial charge in [-0.25, -0.2) is 0 Å². The van der Waals surface area contributed by atoms with Gasteiger partial charge < -0.3 is 5.32 Å². The van der Waals surface area contributed by atoms with Crippen molar-refractivity contribution >= 4 is 23.4 Å². The molecule has 2 aliphatic rings. The molecule has 1 aromatic carbocycles. The number of amides is 3. The molecule has 1 atom stereocenters. The van der Waals surface area contributed by atoms with Crippen molar-refractivity contribution in [2.45, 2.75) is 25.3 Å². The van der Waals surface area contributed by atoms with Crippen LogP contribution in [-0.2, 0) is 4.79 Å². The first kappa shape index (κ1) is 14.2. The molecule has 0 spiro atoms. The molecule has 0 aliphatic carbocycles. The highest BCUT2D eigenvalue weighted by Gasteiger charge is 2.53. The molecule has 0 unspecified atom stereocenters. The van der Waals surface area contributed by atoms with Gasteiger partial charge in [-0.2, -0.15) is 0 Å². The fourth-order valence-electron chi connectivity index (χ4n) is 3.02. The topological polar surface area (TPSA) is 110 Å². The van der Waals surface area contributed by atoms with Crippen molar-refractivity contribution in [2.24, 2.45) is 0 Å². The number of benzene rings is 1. The van der Waals surface area contributed by atoms with E-state index >= 15 is 0 Å². The van der Waals surface area contributed by atoms with Crippen molar-refractivity contribution in [3.05, 3.63) is 39.4 Å². The van der Waals surface area contributed by atoms with E-state index in [1.54, 1.807) is 0 Å². The van der Waals surface area contributed by atoms with E-state index in [9.17, 15) is 24.5 Å². The number of nitro groups is 1. The van der Waals surface area contributed by atoms with Crippen molar-refractivity contribution < 1.29 is 19.3 Å². The lowest BCUT2D eigenvalue weighted by Gasteiger charge is -2.38. The van der Waals surface area contributed by atoms with Crippen LogP contribution in [0, 0.1) is 10.1 Å². The van der Waals surface area contributed by atoms with Crippen molar-refractivity contribution in [1.82, 2.24) is 10.2 Å². The number of hydrogen-bond acceptors (Lipinski definition) is 5. The highest BCUT2D eigenvalue weighted by atomic mass is 16.6. The Bertz CT molecular complexity index is 729. The third-order valence-corrected chi connectivity index (χ3v) is 4.20. The summed E-state index contributed by atoms with van der Waals surface area (Å²) in [6, 6.07) is 3.90. The van der Waals surface area contributed by atoms with Crippen LogP contribution in [0.1, 0.15) is 40.5 Å². The van der Waals surface area contributed by atoms with Gasteiger partial charge in [0.2, 0.25) is 5.91 Å². The number of rotatable bonds is 2. The highest BCUT2D eigenvalue weighted by molar-refractivity contribution is 6.25. The second-order valence-corrected chi connectivity index (χ2v) is 5.54. The lowest BCUT2D eigenvalue weighted by atomic mass is 9.89. The van der Waals surface area contributed by atoms with Gasteiger partial charge in [0.05, 0.1) is 10.5 Å². The Morgan fingerprint density at radius 2 is 2.00 bits per heavy atom. The van der Waals surface area contributed by atoms with Gasteiger partial charge in [0, 0.05) is 12.6 Å². The molecule has 0 saturated carbocycles. The average molecular weight is 303 g/mol. The Kier molecular flexibility index (Phi) is 2.98. The molecule has 1 fully saturated rings. The molecule has 114 valence electrons. The smallest absolute Gasteiger partial charge is 0.282 e. The van der Waals surface area contributed by atoms with Crippen LogP contribution in [0.2, 0.25) is 0 Å². The molecular formula is C14H13N3O5. The summed E-state index contributed by atoms with van der Waals surface area (Å²) in [7, 11) is 0. The molecule has 8 heteroatoms. The minimum atomic E-state index is -1.32. The number of piperidine rings is 1. The largest absolute Gasteiger partial charge is 0.354 e. The van der Waals surface area contributed by atoms with Crippen LogP contribution in [-0.4, -0.2) is 39.6 Å². The van der Waals surface area contributed by atoms with Gasteiger partial charge in [0.25, 0.3) is 17.5 Å². The van der Waals surface area contributed by atoms with Gasteiger partial charge in [-0.15, -0.1) is 0 Å². The SMILES string of the molecule is C[C@]1(N2C(=O)c3cccc([N+](=O)[O-])c3C2=O)CCCNC1=O. The summed E-state index contributed by atoms with van der Waals surface area (Å²) in [6.07, 6.45) is 0.954. The van der Waals surface area contributed by atoms with Crippen molar-refractivity contribution in [1.29, 1.82) is 0 Å². The first-order chi connectivity index (χ1) is 10.4. The number of carbonyl (C=O) groups excluding carboxylic acids is 3. The first-order valence-corrected chi connectivity index (χ1v) is 6.82. The fraction of sp³-hybridized carbons (Fsp3) is 0.357. The Balaban J connectivity index is 2.13. The molecule has 3 rings (SSSR count). The molecule has 1 N–H and O–H groups in total. The lowest BCUT2D eigenvalue weighted by Crippen LogP contribution is -2.61. The maximum atomic E-state index is 12.6. The fourth-order valence-corrected chi connectivity index (χ4v) is 3.02. The predicted octanol–water partition coefficient (Wildman–Crippen LogP) is 0.859. The average Bonchev–Trinajstić information content (AvgIpc) is 2.74. The quantitative estimate of drug-likeness (QED) is 0.495. The number of imide groups is 1. The standard InChI is InChI=1S/C14H13N3O5/c1-14(6-3-7-15-13(14)20)16-11(18)8-4-2-5-9(17(21)22)10(8)12(16)19/h2,4-5H,3,6-7H2,1H3,(H,15,20)/t14-/m0/s1. The van der Waals surface area contributed by atoms with E-state index in [1.165, 1.54) is 25.1 Å². The molecule has 0 radical (unpaired) electrons. The number of nitrogens with one attached hydrogen (secondary N) is 1. The number of nitrogens with zero attached hydrogens (tertiary/aromatic N) is 2. The van der Waals surface area contributed by atoms with E-state index in [2.05, 4.69) is 5.32 Å². The van der Waals surface area contributed by atoms with Crippen LogP contribution in [0.4, 0.5) is 5.69 Å². The van der Waals surface area contributed by atoms with Gasteiger partial charge in [-0.3, -0.25) is 29.4 Å². The van der Waals surface area contributed by atoms with Gasteiger partial charge in [-0.1, -0.05) is 6.07 Å². The van der Waals surface area contributed by atoms with E-state index in [4.69, 9.17) is 0 Å². The van der Waals surface area contributed by atoms with Crippen LogP contribution in [0.15, 0.2) is 18.2 Å². The zero-order valence-electron chi connectivity index (χ0n) is 11.8. The van der Waals surface area contributed by atoms with E-state index in [1.807, 2.05) is 0 Å². The molecule has 8 nitrogen and oxygen atoms in total. The minimum absolute atomic E-state index is 0.0289. The van der Waals surface area contributed by atoms with E-state index < -0.39 is 33.9 Å². The third kappa shape index (κ3) is 1.73. The summed E-state index contributed by atoms with van der Waals surface area (Å²) in [5, 5.41) is 13.7. The Labute approximate surface area is 125 Å². The van der Waals surface area contributed by atoms with Gasteiger partial charge in [0.15, 0.2) is 0 Å². The lowest BCUT2D eigenvalue weighted by molar-refractivity contribution is -0.385. The van der Waals surface area contributed by atoms with Crippen LogP contribution in [0.3, 0.4) is 0 Å². The van der Waals surface area contributed by atoms with Crippen LogP contribution < -0.4 is 5.32 Å². The van der Waals surface area contributed by atoms with Crippen LogP contribution >= 0.6 is 0 Å². The van der Waals surface area contributed by atoms with Crippen molar-refractivity contribution in [3.8, 4) is 0 Å². The summed E-state index contributed by atoms with van der Waals surface area (Å²) in [5.41, 5.74) is -2.01. The number of hydrogen-bond donors (Lipinski definition) is 1. The maximum absolute atomic E-state index is 12.6. The normalized spacial score (nSPS) is 24.2. The Hall–Kier alpha value is -2.77. The van der Waals surface area contributed by atoms with Crippen LogP contribution in [0.5, 0.6) is 0 Å². The Morgan fingerprint density at radius 3 is 2.64 bits per heavy atom. The molecule has 1 saturated heterocycles. The zero-order chi connectivity index (χ0) is 16.1. The van der Waals surface area contributed by atoms with Gasteiger partial charge in [0.1, 0.15) is 11.1 Å². The molecule has 1 aromatic rings. The van der Waals surface area contributed by atoms with Crippen molar-refractivity contribution in [2.75, 3.05) is 6.54 Å². The molecule has 2 aliphatic heterocycles. The third-order valence-electron chi connectivity index (χ3n) is 4.20. The molecule has 3 amide bonds. The maximum Gasteiger partial charge on any atom is 0.282 e.